The second-order valence-corrected chi connectivity index (χ2v) is 13.8. The maximum Gasteiger partial charge on any atom is 0.261 e. The zero-order valence-corrected chi connectivity index (χ0v) is 23.9. The molecule has 0 radical (unpaired) electrons. The Morgan fingerprint density at radius 2 is 1.67 bits per heavy atom. The SMILES string of the molecule is Cc1ccc(NS(=O)(=O)c2ccc(NC(=O)C3CCCN(S(=O)(=O)CCCc4ccccc4)C3)cc2)c(C)c1. The highest BCUT2D eigenvalue weighted by Gasteiger charge is 2.32. The topological polar surface area (TPSA) is 113 Å². The Kier molecular flexibility index (Phi) is 9.09. The third-order valence-corrected chi connectivity index (χ3v) is 10.2. The zero-order valence-electron chi connectivity index (χ0n) is 22.3. The van der Waals surface area contributed by atoms with Gasteiger partial charge >= 0.3 is 0 Å². The normalized spacial score (nSPS) is 16.5. The number of rotatable bonds is 10. The van der Waals surface area contributed by atoms with Crippen molar-refractivity contribution in [1.82, 2.24) is 4.31 Å². The molecular formula is C29H35N3O5S2. The van der Waals surface area contributed by atoms with E-state index in [4.69, 9.17) is 0 Å². The number of aryl methyl sites for hydroxylation is 3. The van der Waals surface area contributed by atoms with Gasteiger partial charge in [-0.1, -0.05) is 48.0 Å². The van der Waals surface area contributed by atoms with Crippen molar-refractivity contribution in [2.75, 3.05) is 28.9 Å². The van der Waals surface area contributed by atoms with E-state index in [-0.39, 0.29) is 23.1 Å². The molecule has 1 amide bonds. The van der Waals surface area contributed by atoms with Crippen LogP contribution in [0.4, 0.5) is 11.4 Å². The average Bonchev–Trinajstić information content (AvgIpc) is 2.91. The average molecular weight is 570 g/mol. The van der Waals surface area contributed by atoms with Gasteiger partial charge in [0.2, 0.25) is 15.9 Å². The number of nitrogens with one attached hydrogen (secondary N) is 2. The molecule has 1 aliphatic rings. The van der Waals surface area contributed by atoms with Crippen LogP contribution in [0.25, 0.3) is 0 Å². The lowest BCUT2D eigenvalue weighted by molar-refractivity contribution is -0.120. The fourth-order valence-corrected chi connectivity index (χ4v) is 7.45. The number of carbonyl (C=O) groups is 1. The predicted octanol–water partition coefficient (Wildman–Crippen LogP) is 4.72. The summed E-state index contributed by atoms with van der Waals surface area (Å²) in [6.45, 7) is 4.34. The van der Waals surface area contributed by atoms with E-state index in [0.29, 0.717) is 43.6 Å². The van der Waals surface area contributed by atoms with Gasteiger partial charge in [-0.15, -0.1) is 0 Å². The van der Waals surface area contributed by atoms with Crippen LogP contribution in [0.5, 0.6) is 0 Å². The summed E-state index contributed by atoms with van der Waals surface area (Å²) < 4.78 is 55.6. The molecule has 4 rings (SSSR count). The number of amides is 1. The van der Waals surface area contributed by atoms with E-state index in [1.54, 1.807) is 6.07 Å². The molecule has 1 aliphatic heterocycles. The van der Waals surface area contributed by atoms with Gasteiger partial charge in [0, 0.05) is 18.8 Å². The number of nitrogens with zero attached hydrogens (tertiary/aromatic N) is 1. The van der Waals surface area contributed by atoms with Gasteiger partial charge in [0.15, 0.2) is 0 Å². The molecule has 0 aliphatic carbocycles. The summed E-state index contributed by atoms with van der Waals surface area (Å²) >= 11 is 0. The smallest absolute Gasteiger partial charge is 0.261 e. The summed E-state index contributed by atoms with van der Waals surface area (Å²) in [5, 5.41) is 2.82. The van der Waals surface area contributed by atoms with Gasteiger partial charge in [-0.25, -0.2) is 21.1 Å². The molecule has 1 unspecified atom stereocenters. The summed E-state index contributed by atoms with van der Waals surface area (Å²) in [5.74, 6) is -0.706. The Balaban J connectivity index is 1.33. The highest BCUT2D eigenvalue weighted by molar-refractivity contribution is 7.92. The lowest BCUT2D eigenvalue weighted by Gasteiger charge is -2.31. The van der Waals surface area contributed by atoms with E-state index in [1.807, 2.05) is 56.3 Å². The van der Waals surface area contributed by atoms with Gasteiger partial charge < -0.3 is 5.32 Å². The third-order valence-electron chi connectivity index (χ3n) is 6.92. The van der Waals surface area contributed by atoms with Crippen molar-refractivity contribution in [2.45, 2.75) is 44.4 Å². The van der Waals surface area contributed by atoms with Crippen molar-refractivity contribution in [3.63, 3.8) is 0 Å². The minimum absolute atomic E-state index is 0.0440. The molecule has 3 aromatic rings. The minimum atomic E-state index is -3.80. The lowest BCUT2D eigenvalue weighted by atomic mass is 9.99. The Bertz CT molecular complexity index is 1510. The van der Waals surface area contributed by atoms with Crippen LogP contribution in [-0.4, -0.2) is 45.9 Å². The summed E-state index contributed by atoms with van der Waals surface area (Å²) in [7, 11) is -7.27. The van der Waals surface area contributed by atoms with Crippen molar-refractivity contribution in [3.05, 3.63) is 89.5 Å². The van der Waals surface area contributed by atoms with Crippen LogP contribution in [0.1, 0.15) is 36.0 Å². The van der Waals surface area contributed by atoms with Gasteiger partial charge in [-0.05, 0) is 81.0 Å². The standard InChI is InChI=1S/C29H35N3O5S2/c1-22-12-17-28(23(2)20-22)31-39(36,37)27-15-13-26(14-16-27)30-29(33)25-11-6-18-32(21-25)38(34,35)19-7-10-24-8-4-3-5-9-24/h3-5,8-9,12-17,20,25,31H,6-7,10-11,18-19,21H2,1-2H3,(H,30,33). The molecule has 208 valence electrons. The van der Waals surface area contributed by atoms with Gasteiger partial charge in [0.05, 0.1) is 22.3 Å². The molecule has 0 spiro atoms. The molecule has 0 saturated carbocycles. The van der Waals surface area contributed by atoms with Gasteiger partial charge in [0.25, 0.3) is 10.0 Å². The molecule has 2 N–H and O–H groups in total. The molecule has 1 saturated heterocycles. The van der Waals surface area contributed by atoms with Crippen LogP contribution in [0.2, 0.25) is 0 Å². The zero-order chi connectivity index (χ0) is 28.0. The molecule has 8 nitrogen and oxygen atoms in total. The van der Waals surface area contributed by atoms with Gasteiger partial charge in [-0.3, -0.25) is 9.52 Å². The first-order chi connectivity index (χ1) is 18.5. The van der Waals surface area contributed by atoms with Crippen LogP contribution < -0.4 is 10.0 Å². The Morgan fingerprint density at radius 1 is 0.949 bits per heavy atom. The number of piperidine rings is 1. The second-order valence-electron chi connectivity index (χ2n) is 10.0. The van der Waals surface area contributed by atoms with E-state index in [9.17, 15) is 21.6 Å². The summed E-state index contributed by atoms with van der Waals surface area (Å²) in [4.78, 5) is 13.0. The molecule has 39 heavy (non-hydrogen) atoms. The fourth-order valence-electron chi connectivity index (χ4n) is 4.74. The van der Waals surface area contributed by atoms with Crippen LogP contribution in [0.3, 0.4) is 0 Å². The van der Waals surface area contributed by atoms with Crippen molar-refractivity contribution < 1.29 is 21.6 Å². The van der Waals surface area contributed by atoms with Crippen molar-refractivity contribution in [1.29, 1.82) is 0 Å². The van der Waals surface area contributed by atoms with Crippen LogP contribution in [0.15, 0.2) is 77.7 Å². The molecule has 1 heterocycles. The Labute approximate surface area is 231 Å². The molecule has 3 aromatic carbocycles. The number of hydrogen-bond donors (Lipinski definition) is 2. The van der Waals surface area contributed by atoms with E-state index >= 15 is 0 Å². The second kappa shape index (κ2) is 12.3. The molecule has 0 aromatic heterocycles. The van der Waals surface area contributed by atoms with Crippen LogP contribution in [0, 0.1) is 19.8 Å². The highest BCUT2D eigenvalue weighted by Crippen LogP contribution is 2.24. The monoisotopic (exact) mass is 569 g/mol. The number of hydrogen-bond acceptors (Lipinski definition) is 5. The maximum absolute atomic E-state index is 13.0. The number of anilines is 2. The van der Waals surface area contributed by atoms with E-state index in [1.165, 1.54) is 28.6 Å². The first-order valence-electron chi connectivity index (χ1n) is 13.1. The molecule has 0 bridgehead atoms. The van der Waals surface area contributed by atoms with Gasteiger partial charge in [0.1, 0.15) is 0 Å². The largest absolute Gasteiger partial charge is 0.326 e. The van der Waals surface area contributed by atoms with Crippen molar-refractivity contribution in [2.24, 2.45) is 5.92 Å². The van der Waals surface area contributed by atoms with Crippen molar-refractivity contribution in [3.8, 4) is 0 Å². The Hall–Kier alpha value is -3.21. The first-order valence-corrected chi connectivity index (χ1v) is 16.2. The maximum atomic E-state index is 13.0. The summed E-state index contributed by atoms with van der Waals surface area (Å²) in [6.07, 6.45) is 2.41. The Morgan fingerprint density at radius 3 is 2.36 bits per heavy atom. The van der Waals surface area contributed by atoms with E-state index in [2.05, 4.69) is 10.0 Å². The third kappa shape index (κ3) is 7.68. The first kappa shape index (κ1) is 28.8. The lowest BCUT2D eigenvalue weighted by Crippen LogP contribution is -2.44. The van der Waals surface area contributed by atoms with Gasteiger partial charge in [-0.2, -0.15) is 0 Å². The van der Waals surface area contributed by atoms with E-state index in [0.717, 1.165) is 16.7 Å². The summed E-state index contributed by atoms with van der Waals surface area (Å²) in [6, 6.07) is 21.2. The van der Waals surface area contributed by atoms with Crippen LogP contribution >= 0.6 is 0 Å². The highest BCUT2D eigenvalue weighted by atomic mass is 32.2. The number of sulfonamides is 2. The molecular weight excluding hydrogens is 534 g/mol. The molecule has 1 atom stereocenters. The number of benzene rings is 3. The van der Waals surface area contributed by atoms with Crippen LogP contribution in [-0.2, 0) is 31.3 Å². The fraction of sp³-hybridized carbons (Fsp3) is 0.345. The number of carbonyl (C=O) groups excluding carboxylic acids is 1. The quantitative estimate of drug-likeness (QED) is 0.367. The van der Waals surface area contributed by atoms with E-state index < -0.39 is 26.0 Å². The molecule has 1 fully saturated rings. The summed E-state index contributed by atoms with van der Waals surface area (Å²) in [5.41, 5.74) is 3.92. The minimum Gasteiger partial charge on any atom is -0.326 e. The van der Waals surface area contributed by atoms with Crippen molar-refractivity contribution >= 4 is 37.3 Å². The molecule has 10 heteroatoms. The predicted molar refractivity (Wildman–Crippen MR) is 155 cm³/mol.